The Labute approximate surface area is 143 Å². The van der Waals surface area contributed by atoms with E-state index in [1.54, 1.807) is 0 Å². The zero-order chi connectivity index (χ0) is 18.0. The molecule has 5 heteroatoms. The molecule has 22 heavy (non-hydrogen) atoms. The van der Waals surface area contributed by atoms with Crippen LogP contribution in [0.25, 0.3) is 0 Å². The summed E-state index contributed by atoms with van der Waals surface area (Å²) in [5.74, 6) is 0. The van der Waals surface area contributed by atoms with Gasteiger partial charge in [0.15, 0.2) is 8.32 Å². The first-order chi connectivity index (χ1) is 9.54. The summed E-state index contributed by atoms with van der Waals surface area (Å²) in [4.78, 5) is 0. The molecule has 1 atom stereocenters. The van der Waals surface area contributed by atoms with Gasteiger partial charge in [-0.1, -0.05) is 39.4 Å². The molecule has 0 N–H and O–H groups in total. The molecule has 0 aliphatic rings. The molecule has 1 unspecified atom stereocenters. The fourth-order valence-corrected chi connectivity index (χ4v) is 12.6. The van der Waals surface area contributed by atoms with Crippen LogP contribution in [0, 0.1) is 0 Å². The van der Waals surface area contributed by atoms with Gasteiger partial charge in [0.05, 0.1) is 13.3 Å². The lowest BCUT2D eigenvalue weighted by atomic mass is 10.3. The maximum Gasteiger partial charge on any atom is 0.216 e. The van der Waals surface area contributed by atoms with Crippen molar-refractivity contribution in [3.8, 4) is 0 Å². The average molecular weight is 363 g/mol. The second-order valence-corrected chi connectivity index (χ2v) is 23.7. The highest BCUT2D eigenvalue weighted by molar-refractivity contribution is 6.82. The first-order valence-electron chi connectivity index (χ1n) is 8.94. The van der Waals surface area contributed by atoms with E-state index in [4.69, 9.17) is 8.85 Å². The van der Waals surface area contributed by atoms with Crippen LogP contribution >= 0.6 is 0 Å². The molecule has 0 aliphatic heterocycles. The van der Waals surface area contributed by atoms with Crippen molar-refractivity contribution < 1.29 is 8.85 Å². The van der Waals surface area contributed by atoms with Gasteiger partial charge in [0.25, 0.3) is 0 Å². The Morgan fingerprint density at radius 3 is 1.55 bits per heavy atom. The van der Waals surface area contributed by atoms with Crippen molar-refractivity contribution in [2.24, 2.45) is 0 Å². The normalized spacial score (nSPS) is 17.5. The van der Waals surface area contributed by atoms with Gasteiger partial charge in [-0.05, 0) is 59.9 Å². The summed E-state index contributed by atoms with van der Waals surface area (Å²) < 4.78 is 13.6. The van der Waals surface area contributed by atoms with Crippen LogP contribution < -0.4 is 0 Å². The molecule has 134 valence electrons. The predicted molar refractivity (Wildman–Crippen MR) is 108 cm³/mol. The molecule has 0 saturated carbocycles. The van der Waals surface area contributed by atoms with Gasteiger partial charge in [-0.2, -0.15) is 0 Å². The van der Waals surface area contributed by atoms with E-state index in [-0.39, 0.29) is 10.4 Å². The average Bonchev–Trinajstić information content (AvgIpc) is 2.24. The summed E-state index contributed by atoms with van der Waals surface area (Å²) in [6, 6.07) is 1.32. The Bertz CT molecular complexity index is 359. The van der Waals surface area contributed by atoms with Crippen LogP contribution in [-0.4, -0.2) is 35.2 Å². The molecule has 0 saturated heterocycles. The lowest BCUT2D eigenvalue weighted by molar-refractivity contribution is 0.0856. The third-order valence-electron chi connectivity index (χ3n) is 5.49. The molecule has 0 rings (SSSR count). The van der Waals surface area contributed by atoms with E-state index in [2.05, 4.69) is 80.4 Å². The Hall–Kier alpha value is 0.571. The Morgan fingerprint density at radius 2 is 1.23 bits per heavy atom. The van der Waals surface area contributed by atoms with E-state index >= 15 is 0 Å². The molecule has 0 amide bonds. The Balaban J connectivity index is 5.45. The first kappa shape index (κ1) is 22.6. The van der Waals surface area contributed by atoms with Crippen LogP contribution in [0.2, 0.25) is 51.9 Å². The summed E-state index contributed by atoms with van der Waals surface area (Å²) in [6.45, 7) is 28.0. The Morgan fingerprint density at radius 1 is 0.773 bits per heavy atom. The quantitative estimate of drug-likeness (QED) is 0.454. The van der Waals surface area contributed by atoms with Gasteiger partial charge in [0, 0.05) is 5.22 Å². The Kier molecular flexibility index (Phi) is 7.40. The number of hydrogen-bond donors (Lipinski definition) is 0. The van der Waals surface area contributed by atoms with Gasteiger partial charge < -0.3 is 8.85 Å². The SMILES string of the molecule is CCC[Si](C)(C)C(C)(C)O[Si](C)(C)C(C)(CC)O[Si](C)(C)C. The molecular formula is C17H42O2Si3. The zero-order valence-electron chi connectivity index (χ0n) is 17.4. The van der Waals surface area contributed by atoms with Crippen molar-refractivity contribution in [2.75, 3.05) is 0 Å². The van der Waals surface area contributed by atoms with Gasteiger partial charge in [-0.25, -0.2) is 0 Å². The molecule has 0 aromatic rings. The third-order valence-corrected chi connectivity index (χ3v) is 16.1. The molecule has 0 aromatic heterocycles. The van der Waals surface area contributed by atoms with Crippen LogP contribution in [0.5, 0.6) is 0 Å². The summed E-state index contributed by atoms with van der Waals surface area (Å²) in [5, 5.41) is -0.108. The third kappa shape index (κ3) is 5.58. The monoisotopic (exact) mass is 362 g/mol. The maximum atomic E-state index is 6.94. The van der Waals surface area contributed by atoms with Crippen LogP contribution in [0.15, 0.2) is 0 Å². The minimum absolute atomic E-state index is 0.00202. The van der Waals surface area contributed by atoms with E-state index in [9.17, 15) is 0 Å². The highest BCUT2D eigenvalue weighted by Gasteiger charge is 2.52. The largest absolute Gasteiger partial charge is 0.412 e. The second-order valence-electron chi connectivity index (χ2n) is 9.56. The van der Waals surface area contributed by atoms with Crippen molar-refractivity contribution >= 4 is 24.7 Å². The van der Waals surface area contributed by atoms with E-state index < -0.39 is 24.7 Å². The van der Waals surface area contributed by atoms with Crippen molar-refractivity contribution in [3.63, 3.8) is 0 Å². The molecule has 2 nitrogen and oxygen atoms in total. The van der Waals surface area contributed by atoms with E-state index in [0.29, 0.717) is 0 Å². The number of hydrogen-bond acceptors (Lipinski definition) is 2. The molecule has 0 spiro atoms. The molecular weight excluding hydrogens is 320 g/mol. The van der Waals surface area contributed by atoms with Gasteiger partial charge in [0.1, 0.15) is 0 Å². The zero-order valence-corrected chi connectivity index (χ0v) is 20.4. The smallest absolute Gasteiger partial charge is 0.216 e. The number of rotatable bonds is 9. The van der Waals surface area contributed by atoms with E-state index in [1.165, 1.54) is 12.5 Å². The van der Waals surface area contributed by atoms with Crippen LogP contribution in [0.3, 0.4) is 0 Å². The molecule has 0 aliphatic carbocycles. The van der Waals surface area contributed by atoms with E-state index in [1.807, 2.05) is 0 Å². The lowest BCUT2D eigenvalue weighted by Gasteiger charge is -2.52. The molecule has 0 heterocycles. The highest BCUT2D eigenvalue weighted by Crippen LogP contribution is 2.38. The summed E-state index contributed by atoms with van der Waals surface area (Å²) in [5.41, 5.74) is 0. The molecule has 0 aromatic carbocycles. The van der Waals surface area contributed by atoms with Crippen molar-refractivity contribution in [1.29, 1.82) is 0 Å². The van der Waals surface area contributed by atoms with Crippen molar-refractivity contribution in [3.05, 3.63) is 0 Å². The van der Waals surface area contributed by atoms with Crippen molar-refractivity contribution in [1.82, 2.24) is 0 Å². The fraction of sp³-hybridized carbons (Fsp3) is 1.00. The first-order valence-corrected chi connectivity index (χ1v) is 18.5. The van der Waals surface area contributed by atoms with Crippen LogP contribution in [0.4, 0.5) is 0 Å². The highest BCUT2D eigenvalue weighted by atomic mass is 28.4. The van der Waals surface area contributed by atoms with Gasteiger partial charge in [0.2, 0.25) is 8.32 Å². The lowest BCUT2D eigenvalue weighted by Crippen LogP contribution is -2.65. The second kappa shape index (κ2) is 7.21. The predicted octanol–water partition coefficient (Wildman–Crippen LogP) is 6.20. The van der Waals surface area contributed by atoms with Crippen LogP contribution in [0.1, 0.15) is 47.5 Å². The summed E-state index contributed by atoms with van der Waals surface area (Å²) in [7, 11) is -5.01. The topological polar surface area (TPSA) is 18.5 Å². The van der Waals surface area contributed by atoms with Gasteiger partial charge in [-0.3, -0.25) is 0 Å². The molecule has 0 radical (unpaired) electrons. The van der Waals surface area contributed by atoms with E-state index in [0.717, 1.165) is 6.42 Å². The van der Waals surface area contributed by atoms with Crippen LogP contribution in [-0.2, 0) is 8.85 Å². The maximum absolute atomic E-state index is 6.94. The minimum Gasteiger partial charge on any atom is -0.412 e. The minimum atomic E-state index is -1.99. The van der Waals surface area contributed by atoms with Gasteiger partial charge >= 0.3 is 0 Å². The fourth-order valence-electron chi connectivity index (χ4n) is 3.11. The standard InChI is InChI=1S/C17H42O2Si3/c1-13-15-21(9,10)16(3,4)18-22(11,12)17(5,14-2)19-20(6,7)8/h13-15H2,1-12H3. The van der Waals surface area contributed by atoms with Crippen molar-refractivity contribution in [2.45, 2.75) is 110 Å². The van der Waals surface area contributed by atoms with Gasteiger partial charge in [-0.15, -0.1) is 0 Å². The molecule has 0 bridgehead atoms. The summed E-state index contributed by atoms with van der Waals surface area (Å²) >= 11 is 0. The molecule has 0 fully saturated rings. The summed E-state index contributed by atoms with van der Waals surface area (Å²) in [6.07, 6.45) is 2.28.